The van der Waals surface area contributed by atoms with Crippen molar-refractivity contribution in [1.29, 1.82) is 0 Å². The van der Waals surface area contributed by atoms with Crippen LogP contribution in [0.3, 0.4) is 0 Å². The summed E-state index contributed by atoms with van der Waals surface area (Å²) < 4.78 is 6.43. The molecule has 1 rings (SSSR count). The Morgan fingerprint density at radius 3 is 2.50 bits per heavy atom. The fraction of sp³-hybridized carbons (Fsp3) is 1.00. The third-order valence-electron chi connectivity index (χ3n) is 2.82. The first-order valence-corrected chi connectivity index (χ1v) is 6.29. The minimum absolute atomic E-state index is 0.551. The maximum Gasteiger partial charge on any atom is 0.0696 e. The molecule has 1 aliphatic heterocycles. The molecular weight excluding hydrogens is 263 g/mol. The monoisotopic (exact) mass is 282 g/mol. The molecule has 0 amide bonds. The van der Waals surface area contributed by atoms with Gasteiger partial charge >= 0.3 is 0 Å². The zero-order chi connectivity index (χ0) is 8.97. The second kappa shape index (κ2) is 5.43. The van der Waals surface area contributed by atoms with Gasteiger partial charge in [-0.05, 0) is 18.8 Å². The van der Waals surface area contributed by atoms with Crippen LogP contribution in [0.4, 0.5) is 0 Å². The molecule has 1 fully saturated rings. The van der Waals surface area contributed by atoms with Crippen LogP contribution in [0, 0.1) is 5.92 Å². The van der Waals surface area contributed by atoms with E-state index in [1.807, 2.05) is 0 Å². The van der Waals surface area contributed by atoms with Crippen molar-refractivity contribution in [1.82, 2.24) is 0 Å². The van der Waals surface area contributed by atoms with Gasteiger partial charge in [0.1, 0.15) is 0 Å². The minimum atomic E-state index is 0.551. The molecule has 1 saturated heterocycles. The van der Waals surface area contributed by atoms with Gasteiger partial charge in [0.05, 0.1) is 6.10 Å². The Labute approximate surface area is 89.4 Å². The summed E-state index contributed by atoms with van der Waals surface area (Å²) in [7, 11) is 0. The molecule has 0 unspecified atom stereocenters. The summed E-state index contributed by atoms with van der Waals surface area (Å²) in [6.45, 7) is 5.56. The first-order valence-electron chi connectivity index (χ1n) is 5.05. The first kappa shape index (κ1) is 10.8. The van der Waals surface area contributed by atoms with Gasteiger partial charge in [-0.25, -0.2) is 0 Å². The van der Waals surface area contributed by atoms with E-state index in [0.717, 1.165) is 16.4 Å². The first-order chi connectivity index (χ1) is 5.79. The predicted octanol–water partition coefficient (Wildman–Crippen LogP) is 3.41. The highest BCUT2D eigenvalue weighted by Crippen LogP contribution is 2.30. The van der Waals surface area contributed by atoms with Crippen LogP contribution < -0.4 is 0 Å². The molecule has 0 radical (unpaired) electrons. The van der Waals surface area contributed by atoms with Crippen molar-refractivity contribution >= 4 is 22.6 Å². The highest BCUT2D eigenvalue weighted by Gasteiger charge is 2.28. The van der Waals surface area contributed by atoms with Crippen LogP contribution >= 0.6 is 22.6 Å². The van der Waals surface area contributed by atoms with Gasteiger partial charge in [0.2, 0.25) is 0 Å². The van der Waals surface area contributed by atoms with Crippen molar-refractivity contribution < 1.29 is 4.74 Å². The van der Waals surface area contributed by atoms with Crippen LogP contribution in [-0.2, 0) is 4.74 Å². The van der Waals surface area contributed by atoms with Crippen molar-refractivity contribution in [3.8, 4) is 0 Å². The van der Waals surface area contributed by atoms with Gasteiger partial charge in [-0.3, -0.25) is 0 Å². The number of rotatable bonds is 4. The van der Waals surface area contributed by atoms with E-state index in [1.165, 1.54) is 25.7 Å². The van der Waals surface area contributed by atoms with Crippen LogP contribution in [0.2, 0.25) is 0 Å². The Bertz CT molecular complexity index is 115. The molecule has 0 aromatic rings. The number of hydrogen-bond donors (Lipinski definition) is 0. The Kier molecular flexibility index (Phi) is 4.87. The molecule has 72 valence electrons. The quantitative estimate of drug-likeness (QED) is 0.567. The van der Waals surface area contributed by atoms with Gasteiger partial charge in [-0.2, -0.15) is 0 Å². The summed E-state index contributed by atoms with van der Waals surface area (Å²) in [5.41, 5.74) is 0. The largest absolute Gasteiger partial charge is 0.377 e. The molecule has 1 aliphatic rings. The van der Waals surface area contributed by atoms with Gasteiger partial charge in [-0.15, -0.1) is 0 Å². The lowest BCUT2D eigenvalue weighted by atomic mass is 9.95. The Morgan fingerprint density at radius 2 is 2.08 bits per heavy atom. The van der Waals surface area contributed by atoms with E-state index in [2.05, 4.69) is 36.4 Å². The highest BCUT2D eigenvalue weighted by molar-refractivity contribution is 14.1. The van der Waals surface area contributed by atoms with Crippen molar-refractivity contribution in [2.24, 2.45) is 5.92 Å². The Morgan fingerprint density at radius 1 is 1.42 bits per heavy atom. The normalized spacial score (nSPS) is 26.5. The van der Waals surface area contributed by atoms with E-state index in [1.54, 1.807) is 0 Å². The summed E-state index contributed by atoms with van der Waals surface area (Å²) in [5, 5.41) is 0. The number of halogens is 1. The van der Waals surface area contributed by atoms with Gasteiger partial charge in [0.15, 0.2) is 0 Å². The van der Waals surface area contributed by atoms with Crippen LogP contribution in [-0.4, -0.2) is 16.6 Å². The lowest BCUT2D eigenvalue weighted by Crippen LogP contribution is -2.26. The van der Waals surface area contributed by atoms with Gasteiger partial charge in [-0.1, -0.05) is 49.3 Å². The van der Waals surface area contributed by atoms with Crippen molar-refractivity contribution in [2.75, 3.05) is 6.61 Å². The van der Waals surface area contributed by atoms with Crippen molar-refractivity contribution in [3.05, 3.63) is 0 Å². The van der Waals surface area contributed by atoms with Crippen LogP contribution in [0.25, 0.3) is 0 Å². The third kappa shape index (κ3) is 2.59. The average Bonchev–Trinajstić information content (AvgIpc) is 2.58. The van der Waals surface area contributed by atoms with Crippen LogP contribution in [0.5, 0.6) is 0 Å². The molecule has 0 bridgehead atoms. The second-order valence-electron chi connectivity index (χ2n) is 3.57. The molecular formula is C10H19IO. The molecule has 0 aliphatic carbocycles. The molecule has 0 spiro atoms. The van der Waals surface area contributed by atoms with E-state index < -0.39 is 0 Å². The fourth-order valence-corrected chi connectivity index (χ4v) is 3.48. The van der Waals surface area contributed by atoms with Gasteiger partial charge in [0, 0.05) is 10.5 Å². The summed E-state index contributed by atoms with van der Waals surface area (Å²) in [4.78, 5) is 0. The highest BCUT2D eigenvalue weighted by atomic mass is 127. The maximum absolute atomic E-state index is 5.69. The summed E-state index contributed by atoms with van der Waals surface area (Å²) >= 11 is 2.58. The summed E-state index contributed by atoms with van der Waals surface area (Å²) in [6, 6.07) is 0. The molecule has 1 nitrogen and oxygen atoms in total. The van der Waals surface area contributed by atoms with Crippen molar-refractivity contribution in [2.45, 2.75) is 49.6 Å². The van der Waals surface area contributed by atoms with Crippen LogP contribution in [0.15, 0.2) is 0 Å². The molecule has 0 aromatic carbocycles. The molecule has 0 saturated carbocycles. The topological polar surface area (TPSA) is 9.23 Å². The number of alkyl halides is 1. The molecule has 2 heteroatoms. The Hall–Kier alpha value is 0.690. The standard InChI is InChI=1S/C10H19IO/c1-3-8(4-2)10(11)9-6-5-7-12-9/h8-10H,3-7H2,1-2H3/t9-,10-/m0/s1. The summed E-state index contributed by atoms with van der Waals surface area (Å²) in [5.74, 6) is 0.855. The molecule has 0 N–H and O–H groups in total. The summed E-state index contributed by atoms with van der Waals surface area (Å²) in [6.07, 6.45) is 5.69. The molecule has 1 heterocycles. The van der Waals surface area contributed by atoms with E-state index in [9.17, 15) is 0 Å². The maximum atomic E-state index is 5.69. The molecule has 0 aromatic heterocycles. The van der Waals surface area contributed by atoms with E-state index in [4.69, 9.17) is 4.74 Å². The zero-order valence-electron chi connectivity index (χ0n) is 8.05. The van der Waals surface area contributed by atoms with E-state index in [-0.39, 0.29) is 0 Å². The number of ether oxygens (including phenoxy) is 1. The Balaban J connectivity index is 2.37. The lowest BCUT2D eigenvalue weighted by Gasteiger charge is -2.24. The van der Waals surface area contributed by atoms with Crippen molar-refractivity contribution in [3.63, 3.8) is 0 Å². The average molecular weight is 282 g/mol. The van der Waals surface area contributed by atoms with Gasteiger partial charge < -0.3 is 4.74 Å². The second-order valence-corrected chi connectivity index (χ2v) is 5.01. The van der Waals surface area contributed by atoms with Gasteiger partial charge in [0.25, 0.3) is 0 Å². The fourth-order valence-electron chi connectivity index (χ4n) is 1.90. The third-order valence-corrected chi connectivity index (χ3v) is 4.64. The SMILES string of the molecule is CCC(CC)[C@H](I)[C@@H]1CCCO1. The van der Waals surface area contributed by atoms with E-state index in [0.29, 0.717) is 6.10 Å². The molecule has 12 heavy (non-hydrogen) atoms. The smallest absolute Gasteiger partial charge is 0.0696 e. The van der Waals surface area contributed by atoms with E-state index >= 15 is 0 Å². The minimum Gasteiger partial charge on any atom is -0.377 e. The van der Waals surface area contributed by atoms with Crippen LogP contribution in [0.1, 0.15) is 39.5 Å². The lowest BCUT2D eigenvalue weighted by molar-refractivity contribution is 0.0982. The predicted molar refractivity (Wildman–Crippen MR) is 60.9 cm³/mol. The number of hydrogen-bond acceptors (Lipinski definition) is 1. The molecule has 2 atom stereocenters. The zero-order valence-corrected chi connectivity index (χ0v) is 10.2.